The minimum Gasteiger partial charge on any atom is -0.351 e. The van der Waals surface area contributed by atoms with Crippen molar-refractivity contribution >= 4 is 22.7 Å². The number of hydrogen-bond donors (Lipinski definition) is 1. The van der Waals surface area contributed by atoms with E-state index in [1.54, 1.807) is 0 Å². The third kappa shape index (κ3) is 3.88. The number of amides is 2. The molecule has 1 fully saturated rings. The van der Waals surface area contributed by atoms with E-state index in [1.165, 1.54) is 0 Å². The molecule has 142 valence electrons. The lowest BCUT2D eigenvalue weighted by atomic mass is 10.0. The Morgan fingerprint density at radius 2 is 1.68 bits per heavy atom. The van der Waals surface area contributed by atoms with Crippen LogP contribution in [-0.4, -0.2) is 41.3 Å². The molecule has 1 aliphatic rings. The van der Waals surface area contributed by atoms with Gasteiger partial charge in [-0.1, -0.05) is 48.5 Å². The minimum atomic E-state index is -0.176. The van der Waals surface area contributed by atoms with Gasteiger partial charge in [0.2, 0.25) is 5.91 Å². The van der Waals surface area contributed by atoms with Crippen LogP contribution in [0.25, 0.3) is 22.2 Å². The molecule has 0 radical (unpaired) electrons. The fraction of sp³-hybridized carbons (Fsp3) is 0.261. The Labute approximate surface area is 164 Å². The topological polar surface area (TPSA) is 62.3 Å². The van der Waals surface area contributed by atoms with Gasteiger partial charge >= 0.3 is 0 Å². The molecule has 0 unspecified atom stereocenters. The van der Waals surface area contributed by atoms with Crippen molar-refractivity contribution in [2.24, 2.45) is 0 Å². The SMILES string of the molecule is O=C(NCCC(=O)N1CCCC1)c1cc(-c2ccccc2)nc2ccccc12. The largest absolute Gasteiger partial charge is 0.351 e. The quantitative estimate of drug-likeness (QED) is 0.743. The van der Waals surface area contributed by atoms with E-state index >= 15 is 0 Å². The first kappa shape index (κ1) is 18.2. The molecule has 5 heteroatoms. The molecule has 0 saturated carbocycles. The number of pyridine rings is 1. The van der Waals surface area contributed by atoms with Gasteiger partial charge in [0.1, 0.15) is 0 Å². The smallest absolute Gasteiger partial charge is 0.252 e. The van der Waals surface area contributed by atoms with Crippen molar-refractivity contribution in [3.63, 3.8) is 0 Å². The number of carbonyl (C=O) groups is 2. The highest BCUT2D eigenvalue weighted by Gasteiger charge is 2.18. The lowest BCUT2D eigenvalue weighted by Gasteiger charge is -2.15. The van der Waals surface area contributed by atoms with Crippen LogP contribution in [0.1, 0.15) is 29.6 Å². The Hall–Kier alpha value is -3.21. The van der Waals surface area contributed by atoms with Crippen LogP contribution in [0, 0.1) is 0 Å². The summed E-state index contributed by atoms with van der Waals surface area (Å²) in [6.07, 6.45) is 2.48. The maximum absolute atomic E-state index is 12.9. The molecule has 0 aliphatic carbocycles. The molecule has 1 aromatic heterocycles. The van der Waals surface area contributed by atoms with Crippen LogP contribution in [0.4, 0.5) is 0 Å². The number of carbonyl (C=O) groups excluding carboxylic acids is 2. The molecule has 1 N–H and O–H groups in total. The number of benzene rings is 2. The van der Waals surface area contributed by atoms with Gasteiger partial charge in [0.05, 0.1) is 16.8 Å². The summed E-state index contributed by atoms with van der Waals surface area (Å²) in [6, 6.07) is 19.3. The van der Waals surface area contributed by atoms with Crippen LogP contribution in [0.5, 0.6) is 0 Å². The fourth-order valence-electron chi connectivity index (χ4n) is 3.62. The average Bonchev–Trinajstić information content (AvgIpc) is 3.28. The molecule has 0 atom stereocenters. The molecule has 0 spiro atoms. The predicted octanol–water partition coefficient (Wildman–Crippen LogP) is 3.64. The first-order chi connectivity index (χ1) is 13.7. The van der Waals surface area contributed by atoms with Crippen molar-refractivity contribution in [1.29, 1.82) is 0 Å². The number of hydrogen-bond acceptors (Lipinski definition) is 3. The zero-order valence-electron chi connectivity index (χ0n) is 15.7. The summed E-state index contributed by atoms with van der Waals surface area (Å²) in [4.78, 5) is 31.6. The van der Waals surface area contributed by atoms with E-state index in [2.05, 4.69) is 5.32 Å². The maximum atomic E-state index is 12.9. The van der Waals surface area contributed by atoms with Crippen molar-refractivity contribution in [1.82, 2.24) is 15.2 Å². The summed E-state index contributed by atoms with van der Waals surface area (Å²) in [7, 11) is 0. The molecule has 4 rings (SSSR count). The number of nitrogens with one attached hydrogen (secondary N) is 1. The molecule has 5 nitrogen and oxygen atoms in total. The fourth-order valence-corrected chi connectivity index (χ4v) is 3.62. The molecular formula is C23H23N3O2. The van der Waals surface area contributed by atoms with Gasteiger partial charge in [-0.25, -0.2) is 4.98 Å². The lowest BCUT2D eigenvalue weighted by Crippen LogP contribution is -2.32. The number of para-hydroxylation sites is 1. The van der Waals surface area contributed by atoms with E-state index in [0.717, 1.165) is 48.1 Å². The standard InChI is InChI=1S/C23H23N3O2/c27-22(26-14-6-7-15-26)12-13-24-23(28)19-16-21(17-8-2-1-3-9-17)25-20-11-5-4-10-18(19)20/h1-5,8-11,16H,6-7,12-15H2,(H,24,28). The van der Waals surface area contributed by atoms with Crippen molar-refractivity contribution in [3.8, 4) is 11.3 Å². The van der Waals surface area contributed by atoms with E-state index in [1.807, 2.05) is 65.6 Å². The van der Waals surface area contributed by atoms with Crippen LogP contribution >= 0.6 is 0 Å². The zero-order valence-corrected chi connectivity index (χ0v) is 15.7. The highest BCUT2D eigenvalue weighted by molar-refractivity contribution is 6.07. The molecule has 28 heavy (non-hydrogen) atoms. The van der Waals surface area contributed by atoms with E-state index in [-0.39, 0.29) is 11.8 Å². The summed E-state index contributed by atoms with van der Waals surface area (Å²) in [5, 5.41) is 3.72. The van der Waals surface area contributed by atoms with Gasteiger partial charge < -0.3 is 10.2 Å². The van der Waals surface area contributed by atoms with Gasteiger partial charge in [-0.3, -0.25) is 9.59 Å². The molecular weight excluding hydrogens is 350 g/mol. The Bertz CT molecular complexity index is 995. The zero-order chi connectivity index (χ0) is 19.3. The van der Waals surface area contributed by atoms with E-state index in [9.17, 15) is 9.59 Å². The van der Waals surface area contributed by atoms with Gasteiger partial charge in [-0.15, -0.1) is 0 Å². The van der Waals surface area contributed by atoms with Crippen LogP contribution in [0.15, 0.2) is 60.7 Å². The van der Waals surface area contributed by atoms with Gasteiger partial charge in [-0.2, -0.15) is 0 Å². The summed E-state index contributed by atoms with van der Waals surface area (Å²) < 4.78 is 0. The second-order valence-electron chi connectivity index (χ2n) is 7.03. The lowest BCUT2D eigenvalue weighted by molar-refractivity contribution is -0.129. The maximum Gasteiger partial charge on any atom is 0.252 e. The molecule has 2 aromatic carbocycles. The van der Waals surface area contributed by atoms with E-state index < -0.39 is 0 Å². The normalized spacial score (nSPS) is 13.6. The number of nitrogens with zero attached hydrogens (tertiary/aromatic N) is 2. The van der Waals surface area contributed by atoms with Gasteiger partial charge in [0.15, 0.2) is 0 Å². The Morgan fingerprint density at radius 3 is 2.46 bits per heavy atom. The van der Waals surface area contributed by atoms with Crippen LogP contribution in [0.2, 0.25) is 0 Å². The van der Waals surface area contributed by atoms with E-state index in [0.29, 0.717) is 18.5 Å². The average molecular weight is 373 g/mol. The summed E-state index contributed by atoms with van der Waals surface area (Å²) >= 11 is 0. The highest BCUT2D eigenvalue weighted by Crippen LogP contribution is 2.24. The first-order valence-electron chi connectivity index (χ1n) is 9.73. The van der Waals surface area contributed by atoms with Gasteiger partial charge in [0.25, 0.3) is 5.91 Å². The molecule has 3 aromatic rings. The number of aromatic nitrogens is 1. The first-order valence-corrected chi connectivity index (χ1v) is 9.73. The third-order valence-corrected chi connectivity index (χ3v) is 5.11. The molecule has 0 bridgehead atoms. The van der Waals surface area contributed by atoms with Gasteiger partial charge in [0, 0.05) is 37.0 Å². The monoisotopic (exact) mass is 373 g/mol. The van der Waals surface area contributed by atoms with Crippen molar-refractivity contribution in [2.45, 2.75) is 19.3 Å². The van der Waals surface area contributed by atoms with Crippen molar-refractivity contribution < 1.29 is 9.59 Å². The second-order valence-corrected chi connectivity index (χ2v) is 7.03. The summed E-state index contributed by atoms with van der Waals surface area (Å²) in [6.45, 7) is 2.01. The second kappa shape index (κ2) is 8.21. The number of likely N-dealkylation sites (tertiary alicyclic amines) is 1. The van der Waals surface area contributed by atoms with E-state index in [4.69, 9.17) is 4.98 Å². The number of fused-ring (bicyclic) bond motifs is 1. The summed E-state index contributed by atoms with van der Waals surface area (Å²) in [5.41, 5.74) is 3.09. The van der Waals surface area contributed by atoms with Crippen LogP contribution < -0.4 is 5.32 Å². The summed E-state index contributed by atoms with van der Waals surface area (Å²) in [5.74, 6) is -0.0626. The van der Waals surface area contributed by atoms with Crippen LogP contribution in [-0.2, 0) is 4.79 Å². The Morgan fingerprint density at radius 1 is 0.964 bits per heavy atom. The van der Waals surface area contributed by atoms with Gasteiger partial charge in [-0.05, 0) is 25.0 Å². The molecule has 1 aliphatic heterocycles. The van der Waals surface area contributed by atoms with Crippen LogP contribution in [0.3, 0.4) is 0 Å². The minimum absolute atomic E-state index is 0.113. The highest BCUT2D eigenvalue weighted by atomic mass is 16.2. The number of rotatable bonds is 5. The van der Waals surface area contributed by atoms with Crippen molar-refractivity contribution in [2.75, 3.05) is 19.6 Å². The molecule has 1 saturated heterocycles. The Kier molecular flexibility index (Phi) is 5.33. The molecule has 2 amide bonds. The van der Waals surface area contributed by atoms with Crippen molar-refractivity contribution in [3.05, 3.63) is 66.2 Å². The molecule has 2 heterocycles. The Balaban J connectivity index is 1.54. The third-order valence-electron chi connectivity index (χ3n) is 5.11. The predicted molar refractivity (Wildman–Crippen MR) is 110 cm³/mol.